The molecule has 4 heterocycles. The summed E-state index contributed by atoms with van der Waals surface area (Å²) < 4.78 is 26.1. The first kappa shape index (κ1) is 18.4. The quantitative estimate of drug-likeness (QED) is 0.835. The molecule has 4 rings (SSSR count). The van der Waals surface area contributed by atoms with E-state index in [-0.39, 0.29) is 35.5 Å². The number of rotatable bonds is 4. The maximum atomic E-state index is 12.8. The van der Waals surface area contributed by atoms with E-state index in [9.17, 15) is 13.2 Å². The number of nitrogens with one attached hydrogen (secondary N) is 1. The standard InChI is InChI=1S/C18H25N5O3S/c1-12(2)23-17-13(9-20-23)7-14(8-19-17)18(24)21-15-10-27(25,26)11-16(15)22-5-3-4-6-22/h7-9,12,15-16H,3-6,10-11H2,1-2H3,(H,21,24)/t15-,16-/m1/s1. The van der Waals surface area contributed by atoms with Crippen LogP contribution in [-0.2, 0) is 9.84 Å². The normalized spacial score (nSPS) is 25.4. The molecule has 0 bridgehead atoms. The van der Waals surface area contributed by atoms with Crippen LogP contribution in [0.25, 0.3) is 11.0 Å². The lowest BCUT2D eigenvalue weighted by Crippen LogP contribution is -2.50. The highest BCUT2D eigenvalue weighted by atomic mass is 32.2. The maximum Gasteiger partial charge on any atom is 0.253 e. The van der Waals surface area contributed by atoms with Crippen LogP contribution in [0.3, 0.4) is 0 Å². The van der Waals surface area contributed by atoms with Gasteiger partial charge < -0.3 is 5.32 Å². The third-order valence-electron chi connectivity index (χ3n) is 5.43. The Morgan fingerprint density at radius 3 is 2.67 bits per heavy atom. The van der Waals surface area contributed by atoms with Crippen molar-refractivity contribution in [1.29, 1.82) is 0 Å². The second kappa shape index (κ2) is 6.87. The van der Waals surface area contributed by atoms with Crippen LogP contribution in [0.4, 0.5) is 0 Å². The summed E-state index contributed by atoms with van der Waals surface area (Å²) in [5, 5.41) is 8.06. The molecule has 2 atom stereocenters. The summed E-state index contributed by atoms with van der Waals surface area (Å²) in [6.07, 6.45) is 5.40. The second-order valence-electron chi connectivity index (χ2n) is 7.79. The van der Waals surface area contributed by atoms with Crippen molar-refractivity contribution >= 4 is 26.8 Å². The molecule has 0 unspecified atom stereocenters. The number of carbonyl (C=O) groups is 1. The van der Waals surface area contributed by atoms with Gasteiger partial charge in [0.1, 0.15) is 0 Å². The third kappa shape index (κ3) is 3.58. The first-order valence-electron chi connectivity index (χ1n) is 9.43. The van der Waals surface area contributed by atoms with Crippen molar-refractivity contribution in [3.63, 3.8) is 0 Å². The van der Waals surface area contributed by atoms with Gasteiger partial charge in [0.25, 0.3) is 5.91 Å². The zero-order valence-corrected chi connectivity index (χ0v) is 16.4. The van der Waals surface area contributed by atoms with Gasteiger partial charge in [0, 0.05) is 23.7 Å². The molecule has 2 saturated heterocycles. The second-order valence-corrected chi connectivity index (χ2v) is 9.94. The van der Waals surface area contributed by atoms with Crippen LogP contribution in [0.15, 0.2) is 18.5 Å². The number of fused-ring (bicyclic) bond motifs is 1. The molecule has 0 saturated carbocycles. The maximum absolute atomic E-state index is 12.8. The van der Waals surface area contributed by atoms with Gasteiger partial charge in [-0.2, -0.15) is 5.10 Å². The molecule has 0 aliphatic carbocycles. The number of sulfone groups is 1. The predicted molar refractivity (Wildman–Crippen MR) is 102 cm³/mol. The molecular weight excluding hydrogens is 366 g/mol. The van der Waals surface area contributed by atoms with Crippen molar-refractivity contribution in [2.75, 3.05) is 24.6 Å². The molecule has 2 aliphatic heterocycles. The molecule has 2 aromatic heterocycles. The fourth-order valence-corrected chi connectivity index (χ4v) is 6.05. The van der Waals surface area contributed by atoms with Crippen molar-refractivity contribution in [2.45, 2.75) is 44.8 Å². The van der Waals surface area contributed by atoms with Crippen LogP contribution in [0.1, 0.15) is 43.1 Å². The Bertz CT molecular complexity index is 963. The zero-order valence-electron chi connectivity index (χ0n) is 15.6. The molecule has 0 aromatic carbocycles. The van der Waals surface area contributed by atoms with E-state index in [0.29, 0.717) is 5.56 Å². The van der Waals surface area contributed by atoms with E-state index in [1.54, 1.807) is 12.3 Å². The Labute approximate surface area is 158 Å². The van der Waals surface area contributed by atoms with Gasteiger partial charge >= 0.3 is 0 Å². The molecular formula is C18H25N5O3S. The van der Waals surface area contributed by atoms with Crippen LogP contribution in [-0.4, -0.2) is 70.7 Å². The van der Waals surface area contributed by atoms with Gasteiger partial charge in [-0.25, -0.2) is 18.1 Å². The number of likely N-dealkylation sites (tertiary alicyclic amines) is 1. The van der Waals surface area contributed by atoms with Gasteiger partial charge in [-0.15, -0.1) is 0 Å². The lowest BCUT2D eigenvalue weighted by molar-refractivity contribution is 0.0918. The van der Waals surface area contributed by atoms with E-state index in [4.69, 9.17) is 0 Å². The van der Waals surface area contributed by atoms with Crippen LogP contribution in [0.2, 0.25) is 0 Å². The van der Waals surface area contributed by atoms with Crippen molar-refractivity contribution in [3.05, 3.63) is 24.0 Å². The fraction of sp³-hybridized carbons (Fsp3) is 0.611. The highest BCUT2D eigenvalue weighted by Gasteiger charge is 2.42. The van der Waals surface area contributed by atoms with E-state index < -0.39 is 9.84 Å². The van der Waals surface area contributed by atoms with Gasteiger partial charge in [0.05, 0.1) is 29.3 Å². The van der Waals surface area contributed by atoms with Gasteiger partial charge in [-0.05, 0) is 45.8 Å². The first-order chi connectivity index (χ1) is 12.8. The van der Waals surface area contributed by atoms with Crippen molar-refractivity contribution < 1.29 is 13.2 Å². The lowest BCUT2D eigenvalue weighted by atomic mass is 10.1. The van der Waals surface area contributed by atoms with Gasteiger partial charge in [-0.3, -0.25) is 9.69 Å². The highest BCUT2D eigenvalue weighted by Crippen LogP contribution is 2.23. The molecule has 146 valence electrons. The van der Waals surface area contributed by atoms with E-state index in [0.717, 1.165) is 37.0 Å². The average Bonchev–Trinajstić information content (AvgIpc) is 3.32. The third-order valence-corrected chi connectivity index (χ3v) is 7.15. The fourth-order valence-electron chi connectivity index (χ4n) is 4.09. The molecule has 2 aliphatic rings. The summed E-state index contributed by atoms with van der Waals surface area (Å²) in [7, 11) is -3.14. The molecule has 8 nitrogen and oxygen atoms in total. The Balaban J connectivity index is 1.54. The largest absolute Gasteiger partial charge is 0.347 e. The number of amides is 1. The number of hydrogen-bond donors (Lipinski definition) is 1. The summed E-state index contributed by atoms with van der Waals surface area (Å²) >= 11 is 0. The average molecular weight is 391 g/mol. The first-order valence-corrected chi connectivity index (χ1v) is 11.2. The Kier molecular flexibility index (Phi) is 4.67. The van der Waals surface area contributed by atoms with E-state index >= 15 is 0 Å². The van der Waals surface area contributed by atoms with Crippen LogP contribution >= 0.6 is 0 Å². The Morgan fingerprint density at radius 1 is 1.22 bits per heavy atom. The van der Waals surface area contributed by atoms with E-state index in [1.807, 2.05) is 18.5 Å². The van der Waals surface area contributed by atoms with Crippen LogP contribution in [0, 0.1) is 0 Å². The molecule has 1 N–H and O–H groups in total. The SMILES string of the molecule is CC(C)n1ncc2cc(C(=O)N[C@@H]3CS(=O)(=O)C[C@H]3N3CCCC3)cnc21. The minimum absolute atomic E-state index is 0.000855. The number of hydrogen-bond acceptors (Lipinski definition) is 6. The molecule has 1 amide bonds. The number of nitrogens with zero attached hydrogens (tertiary/aromatic N) is 4. The van der Waals surface area contributed by atoms with E-state index in [1.165, 1.54) is 6.20 Å². The molecule has 9 heteroatoms. The lowest BCUT2D eigenvalue weighted by Gasteiger charge is -2.28. The smallest absolute Gasteiger partial charge is 0.253 e. The van der Waals surface area contributed by atoms with Gasteiger partial charge in [0.15, 0.2) is 15.5 Å². The van der Waals surface area contributed by atoms with Gasteiger partial charge in [-0.1, -0.05) is 0 Å². The number of carbonyl (C=O) groups excluding carboxylic acids is 1. The summed E-state index contributed by atoms with van der Waals surface area (Å²) in [4.78, 5) is 19.4. The Morgan fingerprint density at radius 2 is 1.96 bits per heavy atom. The minimum Gasteiger partial charge on any atom is -0.347 e. The van der Waals surface area contributed by atoms with Crippen molar-refractivity contribution in [1.82, 2.24) is 25.0 Å². The highest BCUT2D eigenvalue weighted by molar-refractivity contribution is 7.91. The molecule has 2 aromatic rings. The molecule has 2 fully saturated rings. The monoisotopic (exact) mass is 391 g/mol. The molecule has 27 heavy (non-hydrogen) atoms. The summed E-state index contributed by atoms with van der Waals surface area (Å²) in [5.41, 5.74) is 1.16. The topological polar surface area (TPSA) is 97.2 Å². The predicted octanol–water partition coefficient (Wildman–Crippen LogP) is 1.00. The minimum atomic E-state index is -3.14. The summed E-state index contributed by atoms with van der Waals surface area (Å²) in [5.74, 6) is -0.162. The van der Waals surface area contributed by atoms with Crippen molar-refractivity contribution in [2.24, 2.45) is 0 Å². The van der Waals surface area contributed by atoms with E-state index in [2.05, 4.69) is 20.3 Å². The molecule has 0 spiro atoms. The number of aromatic nitrogens is 3. The Hall–Kier alpha value is -2.00. The number of pyridine rings is 1. The van der Waals surface area contributed by atoms with Crippen LogP contribution in [0.5, 0.6) is 0 Å². The summed E-state index contributed by atoms with van der Waals surface area (Å²) in [6.45, 7) is 5.84. The molecule has 0 radical (unpaired) electrons. The van der Waals surface area contributed by atoms with Crippen molar-refractivity contribution in [3.8, 4) is 0 Å². The van der Waals surface area contributed by atoms with Gasteiger partial charge in [0.2, 0.25) is 0 Å². The summed E-state index contributed by atoms with van der Waals surface area (Å²) in [6, 6.07) is 1.42. The van der Waals surface area contributed by atoms with Crippen LogP contribution < -0.4 is 5.32 Å². The zero-order chi connectivity index (χ0) is 19.2.